The molecular formula is C14H25N3O. The smallest absolute Gasteiger partial charge is 0.122 e. The Hall–Kier alpha value is -0.840. The van der Waals surface area contributed by atoms with Gasteiger partial charge < -0.3 is 14.6 Å². The van der Waals surface area contributed by atoms with Crippen molar-refractivity contribution < 1.29 is 4.42 Å². The highest BCUT2D eigenvalue weighted by molar-refractivity contribution is 5.17. The lowest BCUT2D eigenvalue weighted by molar-refractivity contribution is 0.188. The Labute approximate surface area is 110 Å². The summed E-state index contributed by atoms with van der Waals surface area (Å²) in [7, 11) is 6.27. The van der Waals surface area contributed by atoms with Crippen molar-refractivity contribution in [2.45, 2.75) is 32.0 Å². The number of likely N-dealkylation sites (tertiary alicyclic amines) is 1. The van der Waals surface area contributed by atoms with Crippen LogP contribution in [0.3, 0.4) is 0 Å². The van der Waals surface area contributed by atoms with Crippen LogP contribution >= 0.6 is 0 Å². The first-order chi connectivity index (χ1) is 8.70. The van der Waals surface area contributed by atoms with E-state index in [-0.39, 0.29) is 0 Å². The zero-order valence-electron chi connectivity index (χ0n) is 11.8. The summed E-state index contributed by atoms with van der Waals surface area (Å²) in [4.78, 5) is 4.83. The predicted molar refractivity (Wildman–Crippen MR) is 73.5 cm³/mol. The van der Waals surface area contributed by atoms with Gasteiger partial charge in [-0.3, -0.25) is 4.90 Å². The van der Waals surface area contributed by atoms with E-state index in [9.17, 15) is 0 Å². The van der Waals surface area contributed by atoms with Crippen molar-refractivity contribution in [2.75, 3.05) is 34.2 Å². The highest BCUT2D eigenvalue weighted by atomic mass is 16.3. The summed E-state index contributed by atoms with van der Waals surface area (Å²) in [5.41, 5.74) is 1.29. The van der Waals surface area contributed by atoms with Gasteiger partial charge in [0.25, 0.3) is 0 Å². The fraction of sp³-hybridized carbons (Fsp3) is 0.714. The zero-order valence-corrected chi connectivity index (χ0v) is 11.8. The standard InChI is InChI=1S/C14H25N3O/c1-15-9-12-6-8-18-14(12)11-17-7-4-5-13(17)10-16(2)3/h6,8,13,15H,4-5,7,9-11H2,1-3H3. The van der Waals surface area contributed by atoms with E-state index < -0.39 is 0 Å². The van der Waals surface area contributed by atoms with Crippen molar-refractivity contribution in [2.24, 2.45) is 0 Å². The molecule has 0 radical (unpaired) electrons. The minimum Gasteiger partial charge on any atom is -0.468 e. The van der Waals surface area contributed by atoms with Crippen LogP contribution in [-0.2, 0) is 13.1 Å². The van der Waals surface area contributed by atoms with E-state index in [4.69, 9.17) is 4.42 Å². The Bertz CT molecular complexity index is 362. The summed E-state index contributed by atoms with van der Waals surface area (Å²) in [6.45, 7) is 4.17. The predicted octanol–water partition coefficient (Wildman–Crippen LogP) is 1.52. The van der Waals surface area contributed by atoms with Gasteiger partial charge >= 0.3 is 0 Å². The maximum Gasteiger partial charge on any atom is 0.122 e. The van der Waals surface area contributed by atoms with Gasteiger partial charge in [-0.2, -0.15) is 0 Å². The van der Waals surface area contributed by atoms with Crippen LogP contribution in [0, 0.1) is 0 Å². The van der Waals surface area contributed by atoms with Crippen LogP contribution in [0.5, 0.6) is 0 Å². The molecule has 102 valence electrons. The molecule has 0 spiro atoms. The maximum atomic E-state index is 5.64. The molecule has 2 rings (SSSR count). The molecule has 1 saturated heterocycles. The molecule has 1 aliphatic heterocycles. The first-order valence-corrected chi connectivity index (χ1v) is 6.79. The molecule has 1 aromatic rings. The Morgan fingerprint density at radius 2 is 2.33 bits per heavy atom. The zero-order chi connectivity index (χ0) is 13.0. The largest absolute Gasteiger partial charge is 0.468 e. The highest BCUT2D eigenvalue weighted by Gasteiger charge is 2.26. The van der Waals surface area contributed by atoms with E-state index in [1.165, 1.54) is 24.9 Å². The molecule has 1 fully saturated rings. The van der Waals surface area contributed by atoms with E-state index in [0.717, 1.165) is 25.4 Å². The molecule has 0 amide bonds. The van der Waals surface area contributed by atoms with E-state index in [1.54, 1.807) is 6.26 Å². The molecule has 4 heteroatoms. The van der Waals surface area contributed by atoms with Crippen molar-refractivity contribution in [3.8, 4) is 0 Å². The normalized spacial score (nSPS) is 21.0. The van der Waals surface area contributed by atoms with Crippen LogP contribution in [0.2, 0.25) is 0 Å². The highest BCUT2D eigenvalue weighted by Crippen LogP contribution is 2.22. The van der Waals surface area contributed by atoms with Crippen LogP contribution in [0.25, 0.3) is 0 Å². The van der Waals surface area contributed by atoms with Crippen molar-refractivity contribution in [1.29, 1.82) is 0 Å². The fourth-order valence-electron chi connectivity index (χ4n) is 2.77. The van der Waals surface area contributed by atoms with Crippen molar-refractivity contribution in [3.63, 3.8) is 0 Å². The summed E-state index contributed by atoms with van der Waals surface area (Å²) in [5, 5.41) is 3.19. The van der Waals surface area contributed by atoms with Gasteiger partial charge in [-0.15, -0.1) is 0 Å². The second-order valence-corrected chi connectivity index (χ2v) is 5.43. The van der Waals surface area contributed by atoms with E-state index in [1.807, 2.05) is 7.05 Å². The molecule has 4 nitrogen and oxygen atoms in total. The van der Waals surface area contributed by atoms with E-state index >= 15 is 0 Å². The molecule has 1 unspecified atom stereocenters. The summed E-state index contributed by atoms with van der Waals surface area (Å²) < 4.78 is 5.64. The number of furan rings is 1. The third kappa shape index (κ3) is 3.34. The molecule has 1 atom stereocenters. The summed E-state index contributed by atoms with van der Waals surface area (Å²) in [6, 6.07) is 2.75. The molecular weight excluding hydrogens is 226 g/mol. The molecule has 0 bridgehead atoms. The van der Waals surface area contributed by atoms with Crippen LogP contribution < -0.4 is 5.32 Å². The van der Waals surface area contributed by atoms with E-state index in [0.29, 0.717) is 6.04 Å². The second kappa shape index (κ2) is 6.36. The van der Waals surface area contributed by atoms with Gasteiger partial charge in [0.15, 0.2) is 0 Å². The fourth-order valence-corrected chi connectivity index (χ4v) is 2.77. The van der Waals surface area contributed by atoms with Crippen LogP contribution in [0.15, 0.2) is 16.7 Å². The summed E-state index contributed by atoms with van der Waals surface area (Å²) >= 11 is 0. The van der Waals surface area contributed by atoms with Gasteiger partial charge in [0.2, 0.25) is 0 Å². The third-order valence-electron chi connectivity index (χ3n) is 3.63. The number of likely N-dealkylation sites (N-methyl/N-ethyl adjacent to an activating group) is 1. The number of nitrogens with one attached hydrogen (secondary N) is 1. The average Bonchev–Trinajstić information content (AvgIpc) is 2.91. The Balaban J connectivity index is 1.97. The molecule has 1 N–H and O–H groups in total. The SMILES string of the molecule is CNCc1ccoc1CN1CCCC1CN(C)C. The number of rotatable bonds is 6. The molecule has 18 heavy (non-hydrogen) atoms. The maximum absolute atomic E-state index is 5.64. The topological polar surface area (TPSA) is 31.7 Å². The molecule has 0 aromatic carbocycles. The lowest BCUT2D eigenvalue weighted by Crippen LogP contribution is -2.37. The first-order valence-electron chi connectivity index (χ1n) is 6.79. The number of nitrogens with zero attached hydrogens (tertiary/aromatic N) is 2. The Kier molecular flexibility index (Phi) is 4.80. The monoisotopic (exact) mass is 251 g/mol. The molecule has 0 saturated carbocycles. The molecule has 1 aliphatic rings. The lowest BCUT2D eigenvalue weighted by atomic mass is 10.2. The summed E-state index contributed by atoms with van der Waals surface area (Å²) in [6.07, 6.45) is 4.42. The number of hydrogen-bond acceptors (Lipinski definition) is 4. The summed E-state index contributed by atoms with van der Waals surface area (Å²) in [5.74, 6) is 1.12. The lowest BCUT2D eigenvalue weighted by Gasteiger charge is -2.26. The quantitative estimate of drug-likeness (QED) is 0.831. The van der Waals surface area contributed by atoms with Gasteiger partial charge in [0.1, 0.15) is 5.76 Å². The Morgan fingerprint density at radius 1 is 1.50 bits per heavy atom. The van der Waals surface area contributed by atoms with Gasteiger partial charge in [0, 0.05) is 24.7 Å². The Morgan fingerprint density at radius 3 is 3.06 bits per heavy atom. The van der Waals surface area contributed by atoms with Crippen molar-refractivity contribution >= 4 is 0 Å². The number of hydrogen-bond donors (Lipinski definition) is 1. The van der Waals surface area contributed by atoms with Gasteiger partial charge in [-0.05, 0) is 46.6 Å². The van der Waals surface area contributed by atoms with Crippen molar-refractivity contribution in [3.05, 3.63) is 23.7 Å². The van der Waals surface area contributed by atoms with Crippen LogP contribution in [0.1, 0.15) is 24.2 Å². The average molecular weight is 251 g/mol. The van der Waals surface area contributed by atoms with Gasteiger partial charge in [0.05, 0.1) is 12.8 Å². The minimum atomic E-state index is 0.674. The van der Waals surface area contributed by atoms with Crippen molar-refractivity contribution in [1.82, 2.24) is 15.1 Å². The molecule has 2 heterocycles. The second-order valence-electron chi connectivity index (χ2n) is 5.43. The molecule has 1 aromatic heterocycles. The van der Waals surface area contributed by atoms with Gasteiger partial charge in [-0.1, -0.05) is 0 Å². The first kappa shape index (κ1) is 13.6. The molecule has 0 aliphatic carbocycles. The van der Waals surface area contributed by atoms with Gasteiger partial charge in [-0.25, -0.2) is 0 Å². The third-order valence-corrected chi connectivity index (χ3v) is 3.63. The van der Waals surface area contributed by atoms with Crippen LogP contribution in [-0.4, -0.2) is 50.1 Å². The van der Waals surface area contributed by atoms with Crippen LogP contribution in [0.4, 0.5) is 0 Å². The minimum absolute atomic E-state index is 0.674. The van der Waals surface area contributed by atoms with E-state index in [2.05, 4.69) is 35.3 Å².